The summed E-state index contributed by atoms with van der Waals surface area (Å²) in [6.45, 7) is 6.07. The standard InChI is InChI=1S/C14H20ClNO2S/c1-3-8-16-9-11-6-5-7-12(15)14(11)19-10-13(17)18-4-2/h5-7,16H,3-4,8-10H2,1-2H3. The topological polar surface area (TPSA) is 38.3 Å². The SMILES string of the molecule is CCCNCc1cccc(Cl)c1SCC(=O)OCC. The number of nitrogens with one attached hydrogen (secondary N) is 1. The van der Waals surface area contributed by atoms with Crippen molar-refractivity contribution in [2.75, 3.05) is 18.9 Å². The highest BCUT2D eigenvalue weighted by molar-refractivity contribution is 8.00. The van der Waals surface area contributed by atoms with Crippen LogP contribution in [0.2, 0.25) is 5.02 Å². The smallest absolute Gasteiger partial charge is 0.316 e. The van der Waals surface area contributed by atoms with E-state index in [0.717, 1.165) is 30.0 Å². The number of carbonyl (C=O) groups excluding carboxylic acids is 1. The summed E-state index contributed by atoms with van der Waals surface area (Å²) in [7, 11) is 0. The monoisotopic (exact) mass is 301 g/mol. The van der Waals surface area contributed by atoms with E-state index < -0.39 is 0 Å². The van der Waals surface area contributed by atoms with Crippen LogP contribution < -0.4 is 5.32 Å². The van der Waals surface area contributed by atoms with Gasteiger partial charge in [0.15, 0.2) is 0 Å². The number of carbonyl (C=O) groups is 1. The van der Waals surface area contributed by atoms with Crippen molar-refractivity contribution in [3.8, 4) is 0 Å². The highest BCUT2D eigenvalue weighted by Crippen LogP contribution is 2.30. The summed E-state index contributed by atoms with van der Waals surface area (Å²) in [4.78, 5) is 12.4. The van der Waals surface area contributed by atoms with Crippen molar-refractivity contribution in [3.05, 3.63) is 28.8 Å². The second kappa shape index (κ2) is 9.23. The predicted molar refractivity (Wildman–Crippen MR) is 80.8 cm³/mol. The molecule has 0 radical (unpaired) electrons. The van der Waals surface area contributed by atoms with Crippen LogP contribution in [0, 0.1) is 0 Å². The Morgan fingerprint density at radius 3 is 2.89 bits per heavy atom. The maximum Gasteiger partial charge on any atom is 0.316 e. The zero-order chi connectivity index (χ0) is 14.1. The van der Waals surface area contributed by atoms with Gasteiger partial charge in [-0.1, -0.05) is 30.7 Å². The van der Waals surface area contributed by atoms with Gasteiger partial charge in [0, 0.05) is 11.4 Å². The second-order valence-corrected chi connectivity index (χ2v) is 5.39. The summed E-state index contributed by atoms with van der Waals surface area (Å²) in [5.74, 6) is 0.0816. The van der Waals surface area contributed by atoms with Gasteiger partial charge in [0.2, 0.25) is 0 Å². The molecule has 1 aromatic rings. The van der Waals surface area contributed by atoms with Crippen molar-refractivity contribution in [3.63, 3.8) is 0 Å². The molecular formula is C14H20ClNO2S. The number of halogens is 1. The minimum Gasteiger partial charge on any atom is -0.465 e. The van der Waals surface area contributed by atoms with E-state index in [1.54, 1.807) is 6.92 Å². The van der Waals surface area contributed by atoms with E-state index in [1.165, 1.54) is 11.8 Å². The van der Waals surface area contributed by atoms with Crippen molar-refractivity contribution >= 4 is 29.3 Å². The largest absolute Gasteiger partial charge is 0.465 e. The third-order valence-corrected chi connectivity index (χ3v) is 4.01. The van der Waals surface area contributed by atoms with Crippen LogP contribution in [0.25, 0.3) is 0 Å². The molecule has 1 aromatic carbocycles. The predicted octanol–water partition coefficient (Wildman–Crippen LogP) is 3.49. The molecule has 106 valence electrons. The third kappa shape index (κ3) is 5.85. The van der Waals surface area contributed by atoms with Gasteiger partial charge >= 0.3 is 5.97 Å². The summed E-state index contributed by atoms with van der Waals surface area (Å²) < 4.78 is 4.92. The zero-order valence-electron chi connectivity index (χ0n) is 11.4. The van der Waals surface area contributed by atoms with Crippen molar-refractivity contribution in [2.24, 2.45) is 0 Å². The first-order chi connectivity index (χ1) is 9.19. The van der Waals surface area contributed by atoms with E-state index >= 15 is 0 Å². The van der Waals surface area contributed by atoms with Crippen molar-refractivity contribution in [1.82, 2.24) is 5.32 Å². The highest BCUT2D eigenvalue weighted by Gasteiger charge is 2.10. The molecule has 0 bridgehead atoms. The summed E-state index contributed by atoms with van der Waals surface area (Å²) in [5.41, 5.74) is 1.12. The Morgan fingerprint density at radius 2 is 2.21 bits per heavy atom. The van der Waals surface area contributed by atoms with E-state index in [0.29, 0.717) is 17.4 Å². The molecule has 0 amide bonds. The van der Waals surface area contributed by atoms with Gasteiger partial charge < -0.3 is 10.1 Å². The van der Waals surface area contributed by atoms with Gasteiger partial charge in [-0.3, -0.25) is 4.79 Å². The lowest BCUT2D eigenvalue weighted by atomic mass is 10.2. The van der Waals surface area contributed by atoms with Crippen LogP contribution in [0.4, 0.5) is 0 Å². The third-order valence-electron chi connectivity index (χ3n) is 2.43. The lowest BCUT2D eigenvalue weighted by molar-refractivity contribution is -0.139. The van der Waals surface area contributed by atoms with Gasteiger partial charge in [0.25, 0.3) is 0 Å². The van der Waals surface area contributed by atoms with Gasteiger partial charge in [-0.2, -0.15) is 0 Å². The molecule has 0 atom stereocenters. The van der Waals surface area contributed by atoms with Crippen LogP contribution in [0.5, 0.6) is 0 Å². The Labute approximate surface area is 124 Å². The number of hydrogen-bond acceptors (Lipinski definition) is 4. The van der Waals surface area contributed by atoms with Crippen LogP contribution in [0.1, 0.15) is 25.8 Å². The number of benzene rings is 1. The van der Waals surface area contributed by atoms with E-state index in [2.05, 4.69) is 12.2 Å². The molecule has 1 rings (SSSR count). The Bertz CT molecular complexity index is 412. The summed E-state index contributed by atoms with van der Waals surface area (Å²) >= 11 is 7.64. The van der Waals surface area contributed by atoms with Crippen LogP contribution in [-0.2, 0) is 16.1 Å². The molecule has 0 aliphatic rings. The van der Waals surface area contributed by atoms with E-state index in [1.807, 2.05) is 18.2 Å². The molecule has 0 aromatic heterocycles. The molecule has 0 heterocycles. The van der Waals surface area contributed by atoms with Gasteiger partial charge in [-0.15, -0.1) is 11.8 Å². The summed E-state index contributed by atoms with van der Waals surface area (Å²) in [6, 6.07) is 5.81. The van der Waals surface area contributed by atoms with Crippen molar-refractivity contribution < 1.29 is 9.53 Å². The summed E-state index contributed by atoms with van der Waals surface area (Å²) in [5, 5.41) is 4.03. The van der Waals surface area contributed by atoms with Gasteiger partial charge in [0.1, 0.15) is 0 Å². The first-order valence-electron chi connectivity index (χ1n) is 6.45. The zero-order valence-corrected chi connectivity index (χ0v) is 12.9. The number of hydrogen-bond donors (Lipinski definition) is 1. The van der Waals surface area contributed by atoms with Crippen LogP contribution >= 0.6 is 23.4 Å². The van der Waals surface area contributed by atoms with Crippen molar-refractivity contribution in [2.45, 2.75) is 31.7 Å². The average Bonchev–Trinajstić information content (AvgIpc) is 2.38. The van der Waals surface area contributed by atoms with Crippen molar-refractivity contribution in [1.29, 1.82) is 0 Å². The molecule has 3 nitrogen and oxygen atoms in total. The lowest BCUT2D eigenvalue weighted by Crippen LogP contribution is -2.14. The Balaban J connectivity index is 2.66. The minimum absolute atomic E-state index is 0.208. The molecule has 0 aliphatic carbocycles. The highest BCUT2D eigenvalue weighted by atomic mass is 35.5. The fraction of sp³-hybridized carbons (Fsp3) is 0.500. The normalized spacial score (nSPS) is 10.5. The Kier molecular flexibility index (Phi) is 7.94. The minimum atomic E-state index is -0.208. The number of esters is 1. The Hall–Kier alpha value is -0.710. The second-order valence-electron chi connectivity index (χ2n) is 4.00. The average molecular weight is 302 g/mol. The Morgan fingerprint density at radius 1 is 1.42 bits per heavy atom. The molecule has 0 fully saturated rings. The fourth-order valence-corrected chi connectivity index (χ4v) is 2.82. The van der Waals surface area contributed by atoms with E-state index in [9.17, 15) is 4.79 Å². The lowest BCUT2D eigenvalue weighted by Gasteiger charge is -2.11. The molecule has 0 saturated carbocycles. The quantitative estimate of drug-likeness (QED) is 0.453. The number of thioether (sulfide) groups is 1. The summed E-state index contributed by atoms with van der Waals surface area (Å²) in [6.07, 6.45) is 1.09. The molecule has 1 N–H and O–H groups in total. The molecule has 19 heavy (non-hydrogen) atoms. The van der Waals surface area contributed by atoms with Crippen LogP contribution in [0.15, 0.2) is 23.1 Å². The molecular weight excluding hydrogens is 282 g/mol. The maximum atomic E-state index is 11.4. The first-order valence-corrected chi connectivity index (χ1v) is 7.81. The molecule has 5 heteroatoms. The molecule has 0 aliphatic heterocycles. The van der Waals surface area contributed by atoms with Gasteiger partial charge in [-0.25, -0.2) is 0 Å². The van der Waals surface area contributed by atoms with Gasteiger partial charge in [-0.05, 0) is 31.5 Å². The first kappa shape index (κ1) is 16.3. The molecule has 0 spiro atoms. The number of ether oxygens (including phenoxy) is 1. The van der Waals surface area contributed by atoms with Crippen LogP contribution in [-0.4, -0.2) is 24.9 Å². The van der Waals surface area contributed by atoms with E-state index in [-0.39, 0.29) is 5.97 Å². The van der Waals surface area contributed by atoms with E-state index in [4.69, 9.17) is 16.3 Å². The van der Waals surface area contributed by atoms with Crippen LogP contribution in [0.3, 0.4) is 0 Å². The number of rotatable bonds is 8. The molecule has 0 saturated heterocycles. The molecule has 0 unspecified atom stereocenters. The maximum absolute atomic E-state index is 11.4. The fourth-order valence-electron chi connectivity index (χ4n) is 1.59. The van der Waals surface area contributed by atoms with Gasteiger partial charge in [0.05, 0.1) is 17.4 Å².